The molecule has 1 heterocycles. The zero-order valence-electron chi connectivity index (χ0n) is 11.6. The monoisotopic (exact) mass is 275 g/mol. The molecule has 0 aromatic heterocycles. The lowest BCUT2D eigenvalue weighted by Gasteiger charge is -2.44. The van der Waals surface area contributed by atoms with Crippen molar-refractivity contribution in [1.82, 2.24) is 4.90 Å². The summed E-state index contributed by atoms with van der Waals surface area (Å²) in [5.74, 6) is 0.668. The highest BCUT2D eigenvalue weighted by Gasteiger charge is 2.40. The van der Waals surface area contributed by atoms with Crippen molar-refractivity contribution in [1.29, 1.82) is 0 Å². The van der Waals surface area contributed by atoms with Gasteiger partial charge in [-0.1, -0.05) is 30.3 Å². The summed E-state index contributed by atoms with van der Waals surface area (Å²) in [7, 11) is 0. The maximum Gasteiger partial charge on any atom is 0.410 e. The van der Waals surface area contributed by atoms with E-state index in [9.17, 15) is 9.90 Å². The molecular formula is C16H21NO3. The molecule has 4 heteroatoms. The second-order valence-corrected chi connectivity index (χ2v) is 5.84. The predicted molar refractivity (Wildman–Crippen MR) is 75.1 cm³/mol. The maximum absolute atomic E-state index is 12.2. The highest BCUT2D eigenvalue weighted by atomic mass is 16.6. The fraction of sp³-hybridized carbons (Fsp3) is 0.562. The Morgan fingerprint density at radius 2 is 2.05 bits per heavy atom. The summed E-state index contributed by atoms with van der Waals surface area (Å²) in [5.41, 5.74) is 0.986. The average molecular weight is 275 g/mol. The highest BCUT2D eigenvalue weighted by Crippen LogP contribution is 2.35. The molecule has 1 N–H and O–H groups in total. The topological polar surface area (TPSA) is 49.8 Å². The predicted octanol–water partition coefficient (Wildman–Crippen LogP) is 2.56. The summed E-state index contributed by atoms with van der Waals surface area (Å²) in [6.45, 7) is 1.00. The van der Waals surface area contributed by atoms with Crippen molar-refractivity contribution < 1.29 is 14.6 Å². The molecule has 3 rings (SSSR count). The molecule has 1 aliphatic heterocycles. The zero-order chi connectivity index (χ0) is 13.9. The minimum absolute atomic E-state index is 0.0502. The number of aliphatic hydroxyl groups is 1. The third-order valence-corrected chi connectivity index (χ3v) is 4.51. The van der Waals surface area contributed by atoms with E-state index in [4.69, 9.17) is 4.74 Å². The van der Waals surface area contributed by atoms with Crippen molar-refractivity contribution in [3.8, 4) is 0 Å². The van der Waals surface area contributed by atoms with E-state index < -0.39 is 6.10 Å². The van der Waals surface area contributed by atoms with E-state index in [2.05, 4.69) is 0 Å². The quantitative estimate of drug-likeness (QED) is 0.902. The molecule has 2 fully saturated rings. The summed E-state index contributed by atoms with van der Waals surface area (Å²) in [6, 6.07) is 9.63. The number of likely N-dealkylation sites (tertiary alicyclic amines) is 1. The molecule has 1 aromatic rings. The first kappa shape index (κ1) is 13.4. The Morgan fingerprint density at radius 3 is 2.85 bits per heavy atom. The van der Waals surface area contributed by atoms with Gasteiger partial charge in [0.1, 0.15) is 6.61 Å². The van der Waals surface area contributed by atoms with Gasteiger partial charge >= 0.3 is 6.09 Å². The van der Waals surface area contributed by atoms with E-state index in [1.165, 1.54) is 0 Å². The molecule has 4 nitrogen and oxygen atoms in total. The van der Waals surface area contributed by atoms with Crippen LogP contribution in [0.25, 0.3) is 0 Å². The van der Waals surface area contributed by atoms with Crippen LogP contribution in [-0.2, 0) is 11.3 Å². The second kappa shape index (κ2) is 5.83. The average Bonchev–Trinajstić information content (AvgIpc) is 2.50. The number of benzene rings is 1. The van der Waals surface area contributed by atoms with E-state index in [1.807, 2.05) is 30.3 Å². The van der Waals surface area contributed by atoms with Gasteiger partial charge in [0.2, 0.25) is 0 Å². The zero-order valence-corrected chi connectivity index (χ0v) is 11.6. The Hall–Kier alpha value is -1.55. The van der Waals surface area contributed by atoms with Crippen LogP contribution in [0.1, 0.15) is 31.2 Å². The number of rotatable bonds is 2. The van der Waals surface area contributed by atoms with Crippen LogP contribution in [0.4, 0.5) is 4.79 Å². The van der Waals surface area contributed by atoms with Gasteiger partial charge in [-0.3, -0.25) is 0 Å². The van der Waals surface area contributed by atoms with Gasteiger partial charge < -0.3 is 14.7 Å². The number of carbonyl (C=O) groups is 1. The van der Waals surface area contributed by atoms with Gasteiger partial charge in [-0.05, 0) is 37.2 Å². The molecule has 1 aromatic carbocycles. The Bertz CT molecular complexity index is 462. The standard InChI is InChI=1S/C16H21NO3/c18-15-7-6-12-8-9-17(14(15)10-12)16(19)20-11-13-4-2-1-3-5-13/h1-5,12,14-15,18H,6-11H2. The van der Waals surface area contributed by atoms with Gasteiger partial charge in [-0.25, -0.2) is 4.79 Å². The summed E-state index contributed by atoms with van der Waals surface area (Å²) in [5, 5.41) is 10.1. The Morgan fingerprint density at radius 1 is 1.25 bits per heavy atom. The molecule has 2 bridgehead atoms. The van der Waals surface area contributed by atoms with Crippen LogP contribution in [0.5, 0.6) is 0 Å². The van der Waals surface area contributed by atoms with Crippen LogP contribution < -0.4 is 0 Å². The van der Waals surface area contributed by atoms with Crippen LogP contribution in [0.2, 0.25) is 0 Å². The van der Waals surface area contributed by atoms with E-state index >= 15 is 0 Å². The summed E-state index contributed by atoms with van der Waals surface area (Å²) >= 11 is 0. The van der Waals surface area contributed by atoms with Crippen LogP contribution in [-0.4, -0.2) is 34.8 Å². The lowest BCUT2D eigenvalue weighted by molar-refractivity contribution is -0.0271. The van der Waals surface area contributed by atoms with Crippen molar-refractivity contribution in [3.63, 3.8) is 0 Å². The normalized spacial score (nSPS) is 29.1. The van der Waals surface area contributed by atoms with Gasteiger partial charge in [0.15, 0.2) is 0 Å². The van der Waals surface area contributed by atoms with Gasteiger partial charge in [0.05, 0.1) is 12.1 Å². The Labute approximate surface area is 119 Å². The van der Waals surface area contributed by atoms with Gasteiger partial charge in [0.25, 0.3) is 0 Å². The lowest BCUT2D eigenvalue weighted by atomic mass is 9.78. The van der Waals surface area contributed by atoms with E-state index in [1.54, 1.807) is 4.90 Å². The SMILES string of the molecule is O=C(OCc1ccccc1)N1CCC2CCC(O)C1C2. The molecule has 3 atom stereocenters. The molecule has 0 spiro atoms. The van der Waals surface area contributed by atoms with Gasteiger partial charge in [0, 0.05) is 6.54 Å². The first-order valence-corrected chi connectivity index (χ1v) is 7.39. The molecule has 20 heavy (non-hydrogen) atoms. The molecule has 1 saturated carbocycles. The second-order valence-electron chi connectivity index (χ2n) is 5.84. The number of aliphatic hydroxyl groups excluding tert-OH is 1. The number of hydrogen-bond acceptors (Lipinski definition) is 3. The maximum atomic E-state index is 12.2. The summed E-state index contributed by atoms with van der Waals surface area (Å²) in [4.78, 5) is 13.9. The first-order chi connectivity index (χ1) is 9.74. The van der Waals surface area contributed by atoms with E-state index in [0.717, 1.165) is 31.2 Å². The number of hydrogen-bond donors (Lipinski definition) is 1. The van der Waals surface area contributed by atoms with Crippen molar-refractivity contribution >= 4 is 6.09 Å². The third-order valence-electron chi connectivity index (χ3n) is 4.51. The Balaban J connectivity index is 1.59. The van der Waals surface area contributed by atoms with Crippen molar-refractivity contribution in [3.05, 3.63) is 35.9 Å². The first-order valence-electron chi connectivity index (χ1n) is 7.39. The van der Waals surface area contributed by atoms with Crippen LogP contribution >= 0.6 is 0 Å². The molecule has 2 aliphatic rings. The molecule has 1 saturated heterocycles. The number of ether oxygens (including phenoxy) is 1. The van der Waals surface area contributed by atoms with Crippen LogP contribution in [0.15, 0.2) is 30.3 Å². The van der Waals surface area contributed by atoms with Crippen molar-refractivity contribution in [2.75, 3.05) is 6.54 Å². The molecular weight excluding hydrogens is 254 g/mol. The lowest BCUT2D eigenvalue weighted by Crippen LogP contribution is -2.54. The van der Waals surface area contributed by atoms with Crippen LogP contribution in [0, 0.1) is 5.92 Å². The number of carbonyl (C=O) groups excluding carboxylic acids is 1. The molecule has 0 radical (unpaired) electrons. The minimum Gasteiger partial charge on any atom is -0.445 e. The minimum atomic E-state index is -0.393. The summed E-state index contributed by atoms with van der Waals surface area (Å²) < 4.78 is 5.38. The fourth-order valence-electron chi connectivity index (χ4n) is 3.33. The fourth-order valence-corrected chi connectivity index (χ4v) is 3.33. The largest absolute Gasteiger partial charge is 0.445 e. The molecule has 3 unspecified atom stereocenters. The summed E-state index contributed by atoms with van der Waals surface area (Å²) in [6.07, 6.45) is 3.15. The Kier molecular flexibility index (Phi) is 3.92. The van der Waals surface area contributed by atoms with E-state index in [0.29, 0.717) is 19.1 Å². The van der Waals surface area contributed by atoms with Crippen LogP contribution in [0.3, 0.4) is 0 Å². The number of fused-ring (bicyclic) bond motifs is 2. The van der Waals surface area contributed by atoms with Crippen molar-refractivity contribution in [2.45, 2.75) is 44.4 Å². The molecule has 1 aliphatic carbocycles. The van der Waals surface area contributed by atoms with E-state index in [-0.39, 0.29) is 12.1 Å². The third kappa shape index (κ3) is 2.80. The molecule has 1 amide bonds. The number of piperidine rings is 1. The number of amides is 1. The number of nitrogens with zero attached hydrogens (tertiary/aromatic N) is 1. The van der Waals surface area contributed by atoms with Gasteiger partial charge in [-0.15, -0.1) is 0 Å². The smallest absolute Gasteiger partial charge is 0.410 e. The van der Waals surface area contributed by atoms with Crippen molar-refractivity contribution in [2.24, 2.45) is 5.92 Å². The van der Waals surface area contributed by atoms with Gasteiger partial charge in [-0.2, -0.15) is 0 Å². The molecule has 108 valence electrons. The highest BCUT2D eigenvalue weighted by molar-refractivity contribution is 5.68.